The number of nitrogens with two attached hydrogens (primary N) is 1. The van der Waals surface area contributed by atoms with Crippen LogP contribution in [0, 0.1) is 0 Å². The number of halogens is 4. The summed E-state index contributed by atoms with van der Waals surface area (Å²) in [6.07, 6.45) is 0. The Bertz CT molecular complexity index is 737. The summed E-state index contributed by atoms with van der Waals surface area (Å²) in [5.41, 5.74) is 7.73. The zero-order valence-corrected chi connectivity index (χ0v) is 18.6. The van der Waals surface area contributed by atoms with E-state index in [0.29, 0.717) is 34.0 Å². The van der Waals surface area contributed by atoms with Gasteiger partial charge < -0.3 is 20.5 Å². The van der Waals surface area contributed by atoms with Crippen molar-refractivity contribution in [1.82, 2.24) is 0 Å². The van der Waals surface area contributed by atoms with Crippen LogP contribution in [0.1, 0.15) is 5.56 Å². The van der Waals surface area contributed by atoms with Crippen molar-refractivity contribution in [2.24, 2.45) is 10.7 Å². The Hall–Kier alpha value is -0.930. The van der Waals surface area contributed by atoms with Crippen LogP contribution < -0.4 is 15.8 Å². The van der Waals surface area contributed by atoms with Gasteiger partial charge in [-0.3, -0.25) is 0 Å². The van der Waals surface area contributed by atoms with Crippen molar-refractivity contribution in [3.63, 3.8) is 0 Å². The lowest BCUT2D eigenvalue weighted by Crippen LogP contribution is -2.24. The molecule has 0 saturated carbocycles. The van der Waals surface area contributed by atoms with Gasteiger partial charge in [0, 0.05) is 23.4 Å². The van der Waals surface area contributed by atoms with Crippen LogP contribution in [0.4, 0.5) is 5.69 Å². The molecule has 26 heavy (non-hydrogen) atoms. The molecule has 9 heteroatoms. The summed E-state index contributed by atoms with van der Waals surface area (Å²) in [7, 11) is 1.64. The second kappa shape index (κ2) is 11.7. The van der Waals surface area contributed by atoms with Crippen molar-refractivity contribution in [3.8, 4) is 5.75 Å². The third kappa shape index (κ3) is 7.00. The average molecular weight is 531 g/mol. The first-order chi connectivity index (χ1) is 12.0. The molecule has 0 aliphatic rings. The lowest BCUT2D eigenvalue weighted by atomic mass is 10.2. The first-order valence-corrected chi connectivity index (χ1v) is 8.55. The summed E-state index contributed by atoms with van der Waals surface area (Å²) in [5, 5.41) is 4.19. The lowest BCUT2D eigenvalue weighted by Gasteiger charge is -2.11. The summed E-state index contributed by atoms with van der Waals surface area (Å²) in [6, 6.07) is 10.8. The van der Waals surface area contributed by atoms with E-state index in [4.69, 9.17) is 50.0 Å². The van der Waals surface area contributed by atoms with Gasteiger partial charge >= 0.3 is 0 Å². The van der Waals surface area contributed by atoms with Crippen molar-refractivity contribution >= 4 is 70.4 Å². The summed E-state index contributed by atoms with van der Waals surface area (Å²) in [6.45, 7) is 1.08. The number of para-hydroxylation sites is 1. The Labute approximate surface area is 184 Å². The van der Waals surface area contributed by atoms with Gasteiger partial charge in [-0.2, -0.15) is 0 Å². The number of hydrogen-bond donors (Lipinski definition) is 2. The molecular weight excluding hydrogens is 511 g/mol. The second-order valence-electron chi connectivity index (χ2n) is 5.03. The van der Waals surface area contributed by atoms with Gasteiger partial charge in [-0.05, 0) is 18.2 Å². The van der Waals surface area contributed by atoms with E-state index in [2.05, 4.69) is 10.3 Å². The third-order valence-corrected chi connectivity index (χ3v) is 3.94. The fraction of sp³-hybridized carbons (Fsp3) is 0.235. The van der Waals surface area contributed by atoms with Crippen molar-refractivity contribution < 1.29 is 9.47 Å². The molecule has 0 aromatic heterocycles. The minimum absolute atomic E-state index is 0. The SMILES string of the molecule is COCc1ccccc1NC(N)=NCCOc1c(Cl)cc(Cl)cc1Cl.I. The predicted molar refractivity (Wildman–Crippen MR) is 120 cm³/mol. The number of rotatable bonds is 7. The Kier molecular flexibility index (Phi) is 10.4. The minimum Gasteiger partial charge on any atom is -0.489 e. The summed E-state index contributed by atoms with van der Waals surface area (Å²) in [4.78, 5) is 4.22. The van der Waals surface area contributed by atoms with E-state index in [1.165, 1.54) is 0 Å². The highest BCUT2D eigenvalue weighted by molar-refractivity contribution is 14.0. The molecule has 0 saturated heterocycles. The Morgan fingerprint density at radius 1 is 1.15 bits per heavy atom. The van der Waals surface area contributed by atoms with Crippen LogP contribution in [0.3, 0.4) is 0 Å². The number of ether oxygens (including phenoxy) is 2. The molecule has 3 N–H and O–H groups in total. The smallest absolute Gasteiger partial charge is 0.193 e. The van der Waals surface area contributed by atoms with Crippen LogP contribution in [0.15, 0.2) is 41.4 Å². The average Bonchev–Trinajstić information content (AvgIpc) is 2.55. The van der Waals surface area contributed by atoms with Gasteiger partial charge in [0.15, 0.2) is 11.7 Å². The van der Waals surface area contributed by atoms with E-state index >= 15 is 0 Å². The van der Waals surface area contributed by atoms with E-state index in [0.717, 1.165) is 11.3 Å². The van der Waals surface area contributed by atoms with Crippen LogP contribution in [-0.4, -0.2) is 26.2 Å². The van der Waals surface area contributed by atoms with Gasteiger partial charge in [-0.15, -0.1) is 24.0 Å². The second-order valence-corrected chi connectivity index (χ2v) is 6.28. The first kappa shape index (κ1) is 23.1. The fourth-order valence-electron chi connectivity index (χ4n) is 2.08. The molecule has 2 rings (SSSR count). The van der Waals surface area contributed by atoms with Gasteiger partial charge in [-0.1, -0.05) is 53.0 Å². The van der Waals surface area contributed by atoms with Gasteiger partial charge in [0.2, 0.25) is 0 Å². The normalized spacial score (nSPS) is 11.0. The minimum atomic E-state index is 0. The number of benzene rings is 2. The topological polar surface area (TPSA) is 68.9 Å². The number of nitrogens with zero attached hydrogens (tertiary/aromatic N) is 1. The van der Waals surface area contributed by atoms with Crippen molar-refractivity contribution in [2.45, 2.75) is 6.61 Å². The number of anilines is 1. The highest BCUT2D eigenvalue weighted by Crippen LogP contribution is 2.35. The van der Waals surface area contributed by atoms with Crippen molar-refractivity contribution in [2.75, 3.05) is 25.6 Å². The molecule has 142 valence electrons. The summed E-state index contributed by atoms with van der Waals surface area (Å²) >= 11 is 18.0. The zero-order valence-electron chi connectivity index (χ0n) is 14.0. The third-order valence-electron chi connectivity index (χ3n) is 3.16. The molecule has 2 aromatic carbocycles. The van der Waals surface area contributed by atoms with Gasteiger partial charge in [0.05, 0.1) is 23.2 Å². The standard InChI is InChI=1S/C17H18Cl3N3O2.HI/c1-24-10-11-4-2-3-5-15(11)23-17(21)22-6-7-25-16-13(19)8-12(18)9-14(16)20;/h2-5,8-9H,6-7,10H2,1H3,(H3,21,22,23);1H. The number of guanidine groups is 1. The lowest BCUT2D eigenvalue weighted by molar-refractivity contribution is 0.185. The molecule has 0 radical (unpaired) electrons. The van der Waals surface area contributed by atoms with Crippen LogP contribution in [0.2, 0.25) is 15.1 Å². The van der Waals surface area contributed by atoms with Gasteiger partial charge in [-0.25, -0.2) is 4.99 Å². The molecular formula is C17H19Cl3IN3O2. The zero-order chi connectivity index (χ0) is 18.2. The molecule has 0 spiro atoms. The van der Waals surface area contributed by atoms with E-state index in [9.17, 15) is 0 Å². The maximum absolute atomic E-state index is 6.05. The number of hydrogen-bond acceptors (Lipinski definition) is 3. The maximum Gasteiger partial charge on any atom is 0.193 e. The molecule has 0 bridgehead atoms. The van der Waals surface area contributed by atoms with Crippen molar-refractivity contribution in [3.05, 3.63) is 57.0 Å². The first-order valence-electron chi connectivity index (χ1n) is 7.42. The summed E-state index contributed by atoms with van der Waals surface area (Å²) < 4.78 is 10.7. The largest absolute Gasteiger partial charge is 0.489 e. The Balaban J connectivity index is 0.00000338. The number of methoxy groups -OCH3 is 1. The Morgan fingerprint density at radius 2 is 1.81 bits per heavy atom. The molecule has 0 aliphatic carbocycles. The summed E-state index contributed by atoms with van der Waals surface area (Å²) in [5.74, 6) is 0.653. The molecule has 0 amide bonds. The molecule has 2 aromatic rings. The van der Waals surface area contributed by atoms with Crippen LogP contribution in [0.25, 0.3) is 0 Å². The quantitative estimate of drug-likeness (QED) is 0.223. The van der Waals surface area contributed by atoms with Crippen LogP contribution >= 0.6 is 58.8 Å². The molecule has 0 aliphatic heterocycles. The highest BCUT2D eigenvalue weighted by Gasteiger charge is 2.09. The fourth-order valence-corrected chi connectivity index (χ4v) is 3.01. The van der Waals surface area contributed by atoms with E-state index in [-0.39, 0.29) is 36.5 Å². The molecule has 0 fully saturated rings. The van der Waals surface area contributed by atoms with E-state index in [1.807, 2.05) is 24.3 Å². The predicted octanol–water partition coefficient (Wildman–Crippen LogP) is 5.22. The van der Waals surface area contributed by atoms with E-state index < -0.39 is 0 Å². The van der Waals surface area contributed by atoms with Crippen LogP contribution in [0.5, 0.6) is 5.75 Å². The molecule has 0 heterocycles. The molecule has 0 unspecified atom stereocenters. The van der Waals surface area contributed by atoms with Crippen molar-refractivity contribution in [1.29, 1.82) is 0 Å². The van der Waals surface area contributed by atoms with Gasteiger partial charge in [0.25, 0.3) is 0 Å². The van der Waals surface area contributed by atoms with Crippen LogP contribution in [-0.2, 0) is 11.3 Å². The Morgan fingerprint density at radius 3 is 2.46 bits per heavy atom. The highest BCUT2D eigenvalue weighted by atomic mass is 127. The maximum atomic E-state index is 6.05. The number of nitrogens with one attached hydrogen (secondary N) is 1. The molecule has 5 nitrogen and oxygen atoms in total. The van der Waals surface area contributed by atoms with Gasteiger partial charge in [0.1, 0.15) is 6.61 Å². The molecule has 0 atom stereocenters. The monoisotopic (exact) mass is 529 g/mol. The number of aliphatic imine (C=N–C) groups is 1. The van der Waals surface area contributed by atoms with E-state index in [1.54, 1.807) is 19.2 Å².